The molecule has 2 aliphatic heterocycles. The van der Waals surface area contributed by atoms with Crippen molar-refractivity contribution in [3.63, 3.8) is 0 Å². The molecule has 6 nitrogen and oxygen atoms in total. The second kappa shape index (κ2) is 9.21. The number of ether oxygens (including phenoxy) is 1. The Morgan fingerprint density at radius 2 is 1.68 bits per heavy atom. The molecule has 2 atom stereocenters. The van der Waals surface area contributed by atoms with Crippen molar-refractivity contribution < 1.29 is 22.3 Å². The first-order valence-corrected chi connectivity index (χ1v) is 13.7. The van der Waals surface area contributed by atoms with Crippen molar-refractivity contribution in [2.75, 3.05) is 11.2 Å². The van der Waals surface area contributed by atoms with E-state index in [-0.39, 0.29) is 39.8 Å². The summed E-state index contributed by atoms with van der Waals surface area (Å²) in [4.78, 5) is 15.7. The summed E-state index contributed by atoms with van der Waals surface area (Å²) in [5, 5.41) is 3.01. The van der Waals surface area contributed by atoms with Crippen LogP contribution in [0.5, 0.6) is 5.75 Å². The molecular weight excluding hydrogens is 502 g/mol. The van der Waals surface area contributed by atoms with Gasteiger partial charge >= 0.3 is 0 Å². The largest absolute Gasteiger partial charge is 0.476 e. The monoisotopic (exact) mass is 528 g/mol. The maximum atomic E-state index is 13.6. The summed E-state index contributed by atoms with van der Waals surface area (Å²) in [5.74, 6) is -0.811. The first-order chi connectivity index (χ1) is 15.8. The minimum absolute atomic E-state index is 0.0216. The van der Waals surface area contributed by atoms with Gasteiger partial charge in [0.15, 0.2) is 15.4 Å². The predicted molar refractivity (Wildman–Crippen MR) is 131 cm³/mol. The number of nitrogens with zero attached hydrogens (tertiary/aromatic N) is 1. The van der Waals surface area contributed by atoms with E-state index < -0.39 is 21.3 Å². The number of hydrogen-bond acceptors (Lipinski definition) is 5. The van der Waals surface area contributed by atoms with Crippen molar-refractivity contribution in [3.05, 3.63) is 52.3 Å². The Bertz CT molecular complexity index is 1190. The van der Waals surface area contributed by atoms with Crippen LogP contribution in [0.25, 0.3) is 0 Å². The van der Waals surface area contributed by atoms with Gasteiger partial charge in [0.05, 0.1) is 14.9 Å². The molecule has 1 N–H and O–H groups in total. The first kappa shape index (κ1) is 25.1. The maximum absolute atomic E-state index is 13.6. The van der Waals surface area contributed by atoms with Crippen molar-refractivity contribution in [2.45, 2.75) is 68.2 Å². The zero-order valence-corrected chi connectivity index (χ0v) is 21.5. The van der Waals surface area contributed by atoms with Crippen LogP contribution in [0.1, 0.15) is 39.5 Å². The van der Waals surface area contributed by atoms with E-state index >= 15 is 0 Å². The molecule has 0 spiro atoms. The number of piperidine rings is 1. The third-order valence-corrected chi connectivity index (χ3v) is 8.23. The minimum atomic E-state index is -3.24. The zero-order valence-electron chi connectivity index (χ0n) is 19.1. The van der Waals surface area contributed by atoms with Crippen molar-refractivity contribution in [3.8, 4) is 5.75 Å². The Morgan fingerprint density at radius 3 is 2.24 bits per heavy atom. The molecule has 2 aliphatic rings. The highest BCUT2D eigenvalue weighted by Crippen LogP contribution is 2.40. The number of amides is 1. The molecule has 2 fully saturated rings. The van der Waals surface area contributed by atoms with Crippen LogP contribution in [0.2, 0.25) is 10.0 Å². The first-order valence-electron chi connectivity index (χ1n) is 11.1. The number of benzene rings is 2. The zero-order chi connectivity index (χ0) is 24.8. The quantitative estimate of drug-likeness (QED) is 0.533. The molecular formula is C24H27Cl2FN2O4S. The average molecular weight is 529 g/mol. The molecule has 2 aromatic carbocycles. The van der Waals surface area contributed by atoms with E-state index in [4.69, 9.17) is 27.9 Å². The van der Waals surface area contributed by atoms with Crippen molar-refractivity contribution >= 4 is 44.6 Å². The average Bonchev–Trinajstić information content (AvgIpc) is 3.01. The number of carbonyl (C=O) groups excluding carboxylic acids is 1. The van der Waals surface area contributed by atoms with E-state index in [0.717, 1.165) is 37.4 Å². The summed E-state index contributed by atoms with van der Waals surface area (Å²) in [5.41, 5.74) is -0.251. The lowest BCUT2D eigenvalue weighted by molar-refractivity contribution is -0.135. The molecule has 0 saturated carbocycles. The van der Waals surface area contributed by atoms with Crippen LogP contribution in [0, 0.1) is 5.82 Å². The molecule has 4 rings (SSSR count). The standard InChI is InChI=1S/C24H27Cl2FN2O4S/c1-24(2,33-22-13-19(25)21(27)12-20(22)26)23(30)28-14-10-16-4-5-17(11-14)29(16)15-6-8-18(9-7-15)34(3,31)32/h6-9,12-14,16-17H,4-5,10-11H2,1-3H3,(H,28,30). The Labute approximate surface area is 209 Å². The van der Waals surface area contributed by atoms with E-state index in [0.29, 0.717) is 4.90 Å². The molecule has 0 aromatic heterocycles. The normalized spacial score (nSPS) is 22.5. The predicted octanol–water partition coefficient (Wildman–Crippen LogP) is 5.01. The highest BCUT2D eigenvalue weighted by molar-refractivity contribution is 7.90. The van der Waals surface area contributed by atoms with Crippen LogP contribution in [-0.4, -0.2) is 44.3 Å². The van der Waals surface area contributed by atoms with Crippen molar-refractivity contribution in [2.24, 2.45) is 0 Å². The van der Waals surface area contributed by atoms with Crippen LogP contribution < -0.4 is 15.0 Å². The summed E-state index contributed by atoms with van der Waals surface area (Å²) >= 11 is 11.9. The van der Waals surface area contributed by atoms with Crippen molar-refractivity contribution in [1.29, 1.82) is 0 Å². The van der Waals surface area contributed by atoms with Gasteiger partial charge in [-0.15, -0.1) is 0 Å². The summed E-state index contributed by atoms with van der Waals surface area (Å²) in [6, 6.07) is 9.81. The Morgan fingerprint density at radius 1 is 1.09 bits per heavy atom. The molecule has 2 aromatic rings. The van der Waals surface area contributed by atoms with Gasteiger partial charge in [-0.2, -0.15) is 0 Å². The number of nitrogens with one attached hydrogen (secondary N) is 1. The SMILES string of the molecule is CC(C)(Oc1cc(Cl)c(F)cc1Cl)C(=O)NC1CC2CCC(C1)N2c1ccc(S(C)(=O)=O)cc1. The van der Waals surface area contributed by atoms with E-state index in [1.54, 1.807) is 26.0 Å². The third kappa shape index (κ3) is 5.14. The number of carbonyl (C=O) groups is 1. The summed E-state index contributed by atoms with van der Waals surface area (Å²) in [6.07, 6.45) is 4.76. The second-order valence-corrected chi connectivity index (χ2v) is 12.3. The topological polar surface area (TPSA) is 75.7 Å². The fourth-order valence-corrected chi connectivity index (χ4v) is 5.82. The molecule has 2 saturated heterocycles. The Balaban J connectivity index is 1.42. The molecule has 2 heterocycles. The summed E-state index contributed by atoms with van der Waals surface area (Å²) in [7, 11) is -3.24. The molecule has 0 radical (unpaired) electrons. The van der Waals surface area contributed by atoms with Gasteiger partial charge in [-0.25, -0.2) is 12.8 Å². The molecule has 34 heavy (non-hydrogen) atoms. The van der Waals surface area contributed by atoms with Crippen LogP contribution in [0.15, 0.2) is 41.3 Å². The fourth-order valence-electron chi connectivity index (χ4n) is 4.84. The van der Waals surface area contributed by atoms with Crippen LogP contribution in [0.3, 0.4) is 0 Å². The van der Waals surface area contributed by atoms with Gasteiger partial charge in [0, 0.05) is 36.1 Å². The molecule has 2 unspecified atom stereocenters. The molecule has 1 amide bonds. The smallest absolute Gasteiger partial charge is 0.263 e. The Kier molecular flexibility index (Phi) is 6.79. The fraction of sp³-hybridized carbons (Fsp3) is 0.458. The lowest BCUT2D eigenvalue weighted by Gasteiger charge is -2.41. The molecule has 184 valence electrons. The number of fused-ring (bicyclic) bond motifs is 2. The third-order valence-electron chi connectivity index (χ3n) is 6.52. The highest BCUT2D eigenvalue weighted by atomic mass is 35.5. The molecule has 0 aliphatic carbocycles. The van der Waals surface area contributed by atoms with Gasteiger partial charge in [-0.3, -0.25) is 4.79 Å². The van der Waals surface area contributed by atoms with Gasteiger partial charge in [0.25, 0.3) is 5.91 Å². The van der Waals surface area contributed by atoms with Crippen LogP contribution in [-0.2, 0) is 14.6 Å². The molecule has 10 heteroatoms. The van der Waals surface area contributed by atoms with E-state index in [1.807, 2.05) is 12.1 Å². The molecule has 2 bridgehead atoms. The van der Waals surface area contributed by atoms with Gasteiger partial charge in [-0.1, -0.05) is 23.2 Å². The number of halogens is 3. The number of rotatable bonds is 6. The lowest BCUT2D eigenvalue weighted by atomic mass is 9.95. The Hall–Kier alpha value is -2.03. The van der Waals surface area contributed by atoms with Gasteiger partial charge in [0.2, 0.25) is 0 Å². The number of sulfone groups is 1. The lowest BCUT2D eigenvalue weighted by Crippen LogP contribution is -2.55. The van der Waals surface area contributed by atoms with Crippen LogP contribution >= 0.6 is 23.2 Å². The van der Waals surface area contributed by atoms with Gasteiger partial charge < -0.3 is 15.0 Å². The number of anilines is 1. The van der Waals surface area contributed by atoms with E-state index in [1.165, 1.54) is 12.3 Å². The maximum Gasteiger partial charge on any atom is 0.263 e. The van der Waals surface area contributed by atoms with Gasteiger partial charge in [-0.05, 0) is 69.9 Å². The van der Waals surface area contributed by atoms with Crippen molar-refractivity contribution in [1.82, 2.24) is 5.32 Å². The minimum Gasteiger partial charge on any atom is -0.476 e. The van der Waals surface area contributed by atoms with E-state index in [9.17, 15) is 17.6 Å². The second-order valence-electron chi connectivity index (χ2n) is 9.51. The van der Waals surface area contributed by atoms with Crippen LogP contribution in [0.4, 0.5) is 10.1 Å². The highest BCUT2D eigenvalue weighted by Gasteiger charge is 2.42. The van der Waals surface area contributed by atoms with Gasteiger partial charge in [0.1, 0.15) is 11.6 Å². The number of hydrogen-bond donors (Lipinski definition) is 1. The summed E-state index contributed by atoms with van der Waals surface area (Å²) in [6.45, 7) is 3.26. The van der Waals surface area contributed by atoms with E-state index in [2.05, 4.69) is 10.2 Å². The summed E-state index contributed by atoms with van der Waals surface area (Å²) < 4.78 is 42.9.